The fourth-order valence-electron chi connectivity index (χ4n) is 2.03. The van der Waals surface area contributed by atoms with Crippen LogP contribution in [0.1, 0.15) is 16.7 Å². The molecular weight excluding hydrogens is 314 g/mol. The number of amides is 1. The highest BCUT2D eigenvalue weighted by Crippen LogP contribution is 2.12. The molecule has 0 heterocycles. The Labute approximate surface area is 141 Å². The highest BCUT2D eigenvalue weighted by molar-refractivity contribution is 6.17. The number of rotatable bonds is 7. The van der Waals surface area contributed by atoms with Gasteiger partial charge in [0.25, 0.3) is 0 Å². The molecule has 0 fully saturated rings. The summed E-state index contributed by atoms with van der Waals surface area (Å²) < 4.78 is 10.2. The Morgan fingerprint density at radius 2 is 1.61 bits per heavy atom. The van der Waals surface area contributed by atoms with Crippen LogP contribution in [0, 0.1) is 0 Å². The number of carbonyl (C=O) groups excluding carboxylic acids is 1. The van der Waals surface area contributed by atoms with Gasteiger partial charge in [-0.15, -0.1) is 11.6 Å². The van der Waals surface area contributed by atoms with E-state index < -0.39 is 6.09 Å². The number of nitrogens with one attached hydrogen (secondary N) is 1. The second kappa shape index (κ2) is 9.06. The number of methoxy groups -OCH3 is 1. The number of hydrogen-bond donors (Lipinski definition) is 1. The zero-order valence-corrected chi connectivity index (χ0v) is 13.8. The molecule has 23 heavy (non-hydrogen) atoms. The summed E-state index contributed by atoms with van der Waals surface area (Å²) in [6.45, 7) is 0.766. The van der Waals surface area contributed by atoms with E-state index in [-0.39, 0.29) is 6.61 Å². The van der Waals surface area contributed by atoms with Crippen molar-refractivity contribution in [1.29, 1.82) is 0 Å². The van der Waals surface area contributed by atoms with Crippen molar-refractivity contribution < 1.29 is 14.3 Å². The molecule has 0 saturated carbocycles. The third-order valence-corrected chi connectivity index (χ3v) is 3.70. The van der Waals surface area contributed by atoms with Crippen molar-refractivity contribution in [3.8, 4) is 5.75 Å². The Kier molecular flexibility index (Phi) is 6.76. The van der Waals surface area contributed by atoms with E-state index >= 15 is 0 Å². The summed E-state index contributed by atoms with van der Waals surface area (Å²) in [4.78, 5) is 11.7. The van der Waals surface area contributed by atoms with Gasteiger partial charge in [0.2, 0.25) is 0 Å². The summed E-state index contributed by atoms with van der Waals surface area (Å²) in [6, 6.07) is 15.4. The molecule has 2 aromatic carbocycles. The summed E-state index contributed by atoms with van der Waals surface area (Å²) in [5, 5.41) is 2.74. The van der Waals surface area contributed by atoms with Crippen molar-refractivity contribution in [3.63, 3.8) is 0 Å². The molecule has 5 heteroatoms. The lowest BCUT2D eigenvalue weighted by atomic mass is 10.1. The van der Waals surface area contributed by atoms with E-state index in [1.54, 1.807) is 7.11 Å². The summed E-state index contributed by atoms with van der Waals surface area (Å²) in [7, 11) is 1.61. The van der Waals surface area contributed by atoms with Gasteiger partial charge in [0.15, 0.2) is 0 Å². The third kappa shape index (κ3) is 5.83. The van der Waals surface area contributed by atoms with E-state index in [1.807, 2.05) is 48.5 Å². The second-order valence-corrected chi connectivity index (χ2v) is 5.32. The monoisotopic (exact) mass is 333 g/mol. The van der Waals surface area contributed by atoms with Gasteiger partial charge in [-0.05, 0) is 35.2 Å². The van der Waals surface area contributed by atoms with Crippen LogP contribution in [0.5, 0.6) is 5.75 Å². The average molecular weight is 334 g/mol. The second-order valence-electron chi connectivity index (χ2n) is 5.05. The van der Waals surface area contributed by atoms with E-state index in [0.29, 0.717) is 12.4 Å². The number of benzene rings is 2. The fourth-order valence-corrected chi connectivity index (χ4v) is 2.20. The zero-order valence-electron chi connectivity index (χ0n) is 13.0. The van der Waals surface area contributed by atoms with Gasteiger partial charge < -0.3 is 14.8 Å². The van der Waals surface area contributed by atoms with Crippen LogP contribution in [-0.4, -0.2) is 19.7 Å². The maximum Gasteiger partial charge on any atom is 0.407 e. The molecule has 0 unspecified atom stereocenters. The maximum absolute atomic E-state index is 11.7. The summed E-state index contributed by atoms with van der Waals surface area (Å²) in [5.41, 5.74) is 3.15. The lowest BCUT2D eigenvalue weighted by Crippen LogP contribution is -2.26. The van der Waals surface area contributed by atoms with Gasteiger partial charge >= 0.3 is 6.09 Å². The highest BCUT2D eigenvalue weighted by atomic mass is 35.5. The molecule has 1 N–H and O–H groups in total. The van der Waals surface area contributed by atoms with Gasteiger partial charge in [-0.2, -0.15) is 0 Å². The molecule has 0 aliphatic carbocycles. The normalized spacial score (nSPS) is 10.2. The first-order valence-corrected chi connectivity index (χ1v) is 7.92. The van der Waals surface area contributed by atoms with E-state index in [0.717, 1.165) is 28.9 Å². The molecule has 0 aromatic heterocycles. The Bertz CT molecular complexity index is 611. The molecule has 0 radical (unpaired) electrons. The van der Waals surface area contributed by atoms with Gasteiger partial charge in [0.05, 0.1) is 7.11 Å². The average Bonchev–Trinajstić information content (AvgIpc) is 2.61. The lowest BCUT2D eigenvalue weighted by molar-refractivity contribution is 0.140. The van der Waals surface area contributed by atoms with Crippen molar-refractivity contribution in [2.45, 2.75) is 18.9 Å². The van der Waals surface area contributed by atoms with Crippen LogP contribution >= 0.6 is 11.6 Å². The van der Waals surface area contributed by atoms with Crippen molar-refractivity contribution >= 4 is 17.7 Å². The molecule has 0 aliphatic rings. The van der Waals surface area contributed by atoms with E-state index in [4.69, 9.17) is 21.1 Å². The first-order valence-electron chi connectivity index (χ1n) is 7.38. The smallest absolute Gasteiger partial charge is 0.407 e. The van der Waals surface area contributed by atoms with Crippen LogP contribution in [-0.2, 0) is 23.6 Å². The Morgan fingerprint density at radius 3 is 2.22 bits per heavy atom. The molecule has 2 aromatic rings. The minimum Gasteiger partial charge on any atom is -0.497 e. The number of carbonyl (C=O) groups is 1. The Balaban J connectivity index is 1.67. The molecule has 122 valence electrons. The van der Waals surface area contributed by atoms with Crippen LogP contribution in [0.4, 0.5) is 4.79 Å². The first-order chi connectivity index (χ1) is 11.2. The topological polar surface area (TPSA) is 47.6 Å². The zero-order chi connectivity index (χ0) is 16.5. The Morgan fingerprint density at radius 1 is 1.00 bits per heavy atom. The number of ether oxygens (including phenoxy) is 2. The standard InChI is InChI=1S/C18H20ClNO3/c1-22-17-8-6-16(7-9-17)13-23-18(21)20-11-10-14-2-4-15(12-19)5-3-14/h2-9H,10-13H2,1H3,(H,20,21). The molecule has 0 saturated heterocycles. The van der Waals surface area contributed by atoms with Crippen LogP contribution in [0.15, 0.2) is 48.5 Å². The summed E-state index contributed by atoms with van der Waals surface area (Å²) in [6.07, 6.45) is 0.332. The van der Waals surface area contributed by atoms with Crippen LogP contribution < -0.4 is 10.1 Å². The van der Waals surface area contributed by atoms with Crippen LogP contribution in [0.25, 0.3) is 0 Å². The molecular formula is C18H20ClNO3. The number of alkyl carbamates (subject to hydrolysis) is 1. The molecule has 0 bridgehead atoms. The van der Waals surface area contributed by atoms with E-state index in [9.17, 15) is 4.79 Å². The van der Waals surface area contributed by atoms with Gasteiger partial charge in [-0.3, -0.25) is 0 Å². The lowest BCUT2D eigenvalue weighted by Gasteiger charge is -2.08. The number of halogens is 1. The molecule has 1 amide bonds. The van der Waals surface area contributed by atoms with Gasteiger partial charge in [0, 0.05) is 12.4 Å². The van der Waals surface area contributed by atoms with E-state index in [1.165, 1.54) is 0 Å². The number of hydrogen-bond acceptors (Lipinski definition) is 3. The van der Waals surface area contributed by atoms with Gasteiger partial charge in [-0.1, -0.05) is 36.4 Å². The Hall–Kier alpha value is -2.20. The summed E-state index contributed by atoms with van der Waals surface area (Å²) >= 11 is 5.75. The van der Waals surface area contributed by atoms with Crippen LogP contribution in [0.3, 0.4) is 0 Å². The van der Waals surface area contributed by atoms with Crippen molar-refractivity contribution in [2.24, 2.45) is 0 Å². The predicted molar refractivity (Wildman–Crippen MR) is 90.9 cm³/mol. The SMILES string of the molecule is COc1ccc(COC(=O)NCCc2ccc(CCl)cc2)cc1. The van der Waals surface area contributed by atoms with Crippen molar-refractivity contribution in [3.05, 3.63) is 65.2 Å². The molecule has 0 spiro atoms. The molecule has 2 rings (SSSR count). The third-order valence-electron chi connectivity index (χ3n) is 3.39. The minimum atomic E-state index is -0.418. The number of alkyl halides is 1. The maximum atomic E-state index is 11.7. The van der Waals surface area contributed by atoms with Gasteiger partial charge in [-0.25, -0.2) is 4.79 Å². The molecule has 0 aliphatic heterocycles. The highest BCUT2D eigenvalue weighted by Gasteiger charge is 2.03. The molecule has 4 nitrogen and oxygen atoms in total. The summed E-state index contributed by atoms with van der Waals surface area (Å²) in [5.74, 6) is 1.29. The minimum absolute atomic E-state index is 0.236. The molecule has 0 atom stereocenters. The predicted octanol–water partition coefficient (Wildman–Crippen LogP) is 3.90. The first kappa shape index (κ1) is 17.2. The van der Waals surface area contributed by atoms with Crippen molar-refractivity contribution in [1.82, 2.24) is 5.32 Å². The quantitative estimate of drug-likeness (QED) is 0.782. The van der Waals surface area contributed by atoms with Crippen LogP contribution in [0.2, 0.25) is 0 Å². The van der Waals surface area contributed by atoms with Gasteiger partial charge in [0.1, 0.15) is 12.4 Å². The fraction of sp³-hybridized carbons (Fsp3) is 0.278. The van der Waals surface area contributed by atoms with E-state index in [2.05, 4.69) is 5.32 Å². The largest absolute Gasteiger partial charge is 0.497 e. The van der Waals surface area contributed by atoms with Crippen molar-refractivity contribution in [2.75, 3.05) is 13.7 Å².